The minimum Gasteiger partial charge on any atom is -0.355 e. The van der Waals surface area contributed by atoms with E-state index in [9.17, 15) is 10.1 Å². The standard InChI is InChI=1S/C11H12ClN5O2/c12-9-3-1-4-10(17(18)19)8(9)7-15-16-11-13-5-2-6-14-11/h1,3-4,7H,2,5-6H2,(H2,13,14,16)/b15-7+. The van der Waals surface area contributed by atoms with Crippen LogP contribution in [0.15, 0.2) is 28.3 Å². The lowest BCUT2D eigenvalue weighted by Gasteiger charge is -2.12. The summed E-state index contributed by atoms with van der Waals surface area (Å²) in [5.41, 5.74) is 2.87. The molecule has 1 heterocycles. The van der Waals surface area contributed by atoms with Gasteiger partial charge < -0.3 is 5.32 Å². The molecular weight excluding hydrogens is 270 g/mol. The molecule has 19 heavy (non-hydrogen) atoms. The number of nitro benzene ring substituents is 1. The maximum absolute atomic E-state index is 10.9. The first-order valence-electron chi connectivity index (χ1n) is 5.69. The van der Waals surface area contributed by atoms with Gasteiger partial charge in [-0.15, -0.1) is 0 Å². The maximum atomic E-state index is 10.9. The summed E-state index contributed by atoms with van der Waals surface area (Å²) >= 11 is 5.93. The number of hydrogen-bond donors (Lipinski definition) is 2. The van der Waals surface area contributed by atoms with Gasteiger partial charge in [0.25, 0.3) is 5.69 Å². The van der Waals surface area contributed by atoms with E-state index in [0.29, 0.717) is 5.96 Å². The van der Waals surface area contributed by atoms with Crippen LogP contribution in [-0.2, 0) is 0 Å². The Morgan fingerprint density at radius 3 is 3.11 bits per heavy atom. The number of halogens is 1. The fourth-order valence-corrected chi connectivity index (χ4v) is 1.80. The van der Waals surface area contributed by atoms with E-state index in [1.54, 1.807) is 6.07 Å². The zero-order chi connectivity index (χ0) is 13.7. The van der Waals surface area contributed by atoms with Gasteiger partial charge in [-0.2, -0.15) is 5.10 Å². The van der Waals surface area contributed by atoms with Crippen molar-refractivity contribution in [2.75, 3.05) is 13.1 Å². The molecule has 0 atom stereocenters. The van der Waals surface area contributed by atoms with E-state index in [2.05, 4.69) is 20.8 Å². The first-order chi connectivity index (χ1) is 9.18. The van der Waals surface area contributed by atoms with Crippen molar-refractivity contribution >= 4 is 29.5 Å². The molecule has 8 heteroatoms. The second-order valence-corrected chi connectivity index (χ2v) is 4.22. The first kappa shape index (κ1) is 13.3. The normalized spacial score (nSPS) is 14.9. The molecule has 0 bridgehead atoms. The van der Waals surface area contributed by atoms with Crippen LogP contribution in [-0.4, -0.2) is 30.2 Å². The number of nitro groups is 1. The van der Waals surface area contributed by atoms with E-state index < -0.39 is 4.92 Å². The third kappa shape index (κ3) is 3.41. The van der Waals surface area contributed by atoms with E-state index in [4.69, 9.17) is 11.6 Å². The van der Waals surface area contributed by atoms with Gasteiger partial charge in [0.2, 0.25) is 5.96 Å². The molecule has 100 valence electrons. The van der Waals surface area contributed by atoms with Gasteiger partial charge in [-0.05, 0) is 12.5 Å². The molecule has 2 N–H and O–H groups in total. The Hall–Kier alpha value is -2.15. The highest BCUT2D eigenvalue weighted by molar-refractivity contribution is 6.33. The van der Waals surface area contributed by atoms with Crippen molar-refractivity contribution in [3.63, 3.8) is 0 Å². The molecule has 0 aromatic heterocycles. The fraction of sp³-hybridized carbons (Fsp3) is 0.273. The number of hydrogen-bond acceptors (Lipinski definition) is 6. The van der Waals surface area contributed by atoms with Crippen LogP contribution in [0.3, 0.4) is 0 Å². The van der Waals surface area contributed by atoms with E-state index in [1.807, 2.05) is 0 Å². The summed E-state index contributed by atoms with van der Waals surface area (Å²) < 4.78 is 0. The molecule has 0 amide bonds. The maximum Gasteiger partial charge on any atom is 0.279 e. The number of guanidine groups is 1. The molecule has 7 nitrogen and oxygen atoms in total. The number of hydrazone groups is 1. The highest BCUT2D eigenvalue weighted by Gasteiger charge is 2.14. The van der Waals surface area contributed by atoms with Crippen molar-refractivity contribution in [3.8, 4) is 0 Å². The Kier molecular flexibility index (Phi) is 4.30. The Balaban J connectivity index is 2.14. The molecule has 0 saturated heterocycles. The molecule has 1 aliphatic heterocycles. The summed E-state index contributed by atoms with van der Waals surface area (Å²) in [6, 6.07) is 4.48. The minimum atomic E-state index is -0.496. The SMILES string of the molecule is O=[N+]([O-])c1cccc(Cl)c1/C=N/NC1=NCCCN1. The Labute approximate surface area is 114 Å². The van der Waals surface area contributed by atoms with Gasteiger partial charge in [-0.1, -0.05) is 17.7 Å². The molecule has 2 rings (SSSR count). The largest absolute Gasteiger partial charge is 0.355 e. The summed E-state index contributed by atoms with van der Waals surface area (Å²) in [6.07, 6.45) is 2.30. The van der Waals surface area contributed by atoms with Gasteiger partial charge in [-0.25, -0.2) is 5.43 Å². The van der Waals surface area contributed by atoms with Crippen LogP contribution < -0.4 is 10.7 Å². The van der Waals surface area contributed by atoms with Crippen LogP contribution in [0.5, 0.6) is 0 Å². The summed E-state index contributed by atoms with van der Waals surface area (Å²) in [4.78, 5) is 14.5. The van der Waals surface area contributed by atoms with Gasteiger partial charge in [0.05, 0.1) is 21.7 Å². The Bertz CT molecular complexity index is 544. The van der Waals surface area contributed by atoms with Crippen LogP contribution in [0.1, 0.15) is 12.0 Å². The van der Waals surface area contributed by atoms with Gasteiger partial charge in [0, 0.05) is 19.2 Å². The van der Waals surface area contributed by atoms with E-state index in [1.165, 1.54) is 18.3 Å². The predicted molar refractivity (Wildman–Crippen MR) is 73.8 cm³/mol. The van der Waals surface area contributed by atoms with Crippen LogP contribution >= 0.6 is 11.6 Å². The minimum absolute atomic E-state index is 0.0865. The molecule has 0 aliphatic carbocycles. The second kappa shape index (κ2) is 6.14. The van der Waals surface area contributed by atoms with E-state index in [0.717, 1.165) is 19.5 Å². The summed E-state index contributed by atoms with van der Waals surface area (Å²) in [5.74, 6) is 0.553. The fourth-order valence-electron chi connectivity index (χ4n) is 1.58. The van der Waals surface area contributed by atoms with Crippen LogP contribution in [0.4, 0.5) is 5.69 Å². The van der Waals surface area contributed by atoms with Crippen molar-refractivity contribution in [3.05, 3.63) is 38.9 Å². The summed E-state index contributed by atoms with van der Waals surface area (Å²) in [6.45, 7) is 1.56. The van der Waals surface area contributed by atoms with Crippen LogP contribution in [0, 0.1) is 10.1 Å². The monoisotopic (exact) mass is 281 g/mol. The molecule has 0 spiro atoms. The number of rotatable bonds is 3. The van der Waals surface area contributed by atoms with Gasteiger partial charge in [0.15, 0.2) is 0 Å². The number of aliphatic imine (C=N–C) groups is 1. The van der Waals surface area contributed by atoms with Crippen LogP contribution in [0.25, 0.3) is 0 Å². The highest BCUT2D eigenvalue weighted by Crippen LogP contribution is 2.24. The lowest BCUT2D eigenvalue weighted by molar-refractivity contribution is -0.385. The van der Waals surface area contributed by atoms with Crippen molar-refractivity contribution in [1.82, 2.24) is 10.7 Å². The third-order valence-electron chi connectivity index (χ3n) is 2.49. The molecule has 0 unspecified atom stereocenters. The average molecular weight is 282 g/mol. The van der Waals surface area contributed by atoms with Gasteiger partial charge in [0.1, 0.15) is 0 Å². The first-order valence-corrected chi connectivity index (χ1v) is 6.06. The highest BCUT2D eigenvalue weighted by atomic mass is 35.5. The number of nitrogens with zero attached hydrogens (tertiary/aromatic N) is 3. The van der Waals surface area contributed by atoms with Crippen molar-refractivity contribution < 1.29 is 4.92 Å². The zero-order valence-electron chi connectivity index (χ0n) is 9.97. The van der Waals surface area contributed by atoms with Crippen molar-refractivity contribution in [2.45, 2.75) is 6.42 Å². The second-order valence-electron chi connectivity index (χ2n) is 3.81. The van der Waals surface area contributed by atoms with E-state index >= 15 is 0 Å². The predicted octanol–water partition coefficient (Wildman–Crippen LogP) is 1.52. The lowest BCUT2D eigenvalue weighted by Crippen LogP contribution is -2.38. The molecule has 1 aromatic rings. The van der Waals surface area contributed by atoms with Crippen molar-refractivity contribution in [1.29, 1.82) is 0 Å². The topological polar surface area (TPSA) is 91.9 Å². The molecular formula is C11H12ClN5O2. The Morgan fingerprint density at radius 1 is 1.58 bits per heavy atom. The van der Waals surface area contributed by atoms with Crippen molar-refractivity contribution in [2.24, 2.45) is 10.1 Å². The van der Waals surface area contributed by atoms with E-state index in [-0.39, 0.29) is 16.3 Å². The van der Waals surface area contributed by atoms with Gasteiger partial charge in [-0.3, -0.25) is 15.1 Å². The Morgan fingerprint density at radius 2 is 2.42 bits per heavy atom. The number of nitrogens with one attached hydrogen (secondary N) is 2. The smallest absolute Gasteiger partial charge is 0.279 e. The molecule has 0 radical (unpaired) electrons. The molecule has 0 saturated carbocycles. The van der Waals surface area contributed by atoms with Gasteiger partial charge >= 0.3 is 0 Å². The zero-order valence-corrected chi connectivity index (χ0v) is 10.7. The summed E-state index contributed by atoms with van der Waals surface area (Å²) in [7, 11) is 0. The summed E-state index contributed by atoms with van der Waals surface area (Å²) in [5, 5.41) is 18.1. The quantitative estimate of drug-likeness (QED) is 0.499. The molecule has 1 aromatic carbocycles. The molecule has 1 aliphatic rings. The average Bonchev–Trinajstić information content (AvgIpc) is 2.41. The van der Waals surface area contributed by atoms with Crippen LogP contribution in [0.2, 0.25) is 5.02 Å². The molecule has 0 fully saturated rings. The third-order valence-corrected chi connectivity index (χ3v) is 2.82. The lowest BCUT2D eigenvalue weighted by atomic mass is 10.2. The number of benzene rings is 1.